The largest absolute Gasteiger partial charge is 0.465 e. The summed E-state index contributed by atoms with van der Waals surface area (Å²) >= 11 is 0. The Morgan fingerprint density at radius 3 is 2.86 bits per heavy atom. The molecule has 122 valence electrons. The predicted molar refractivity (Wildman–Crippen MR) is 82.3 cm³/mol. The minimum Gasteiger partial charge on any atom is -0.465 e. The van der Waals surface area contributed by atoms with Crippen LogP contribution in [-0.4, -0.2) is 61.4 Å². The number of carbonyl (C=O) groups excluding carboxylic acids is 1. The van der Waals surface area contributed by atoms with Gasteiger partial charge in [0, 0.05) is 18.1 Å². The summed E-state index contributed by atoms with van der Waals surface area (Å²) < 4.78 is 10.9. The summed E-state index contributed by atoms with van der Waals surface area (Å²) in [6, 6.07) is 0.412. The molecule has 0 aromatic carbocycles. The van der Waals surface area contributed by atoms with Gasteiger partial charge in [0.2, 0.25) is 0 Å². The van der Waals surface area contributed by atoms with Crippen LogP contribution in [0.1, 0.15) is 46.5 Å². The zero-order valence-electron chi connectivity index (χ0n) is 13.9. The van der Waals surface area contributed by atoms with Gasteiger partial charge >= 0.3 is 5.97 Å². The van der Waals surface area contributed by atoms with Gasteiger partial charge in [0.05, 0.1) is 19.8 Å². The summed E-state index contributed by atoms with van der Waals surface area (Å²) in [4.78, 5) is 14.9. The molecule has 5 nitrogen and oxygen atoms in total. The number of nitrogens with one attached hydrogen (secondary N) is 1. The molecule has 0 aromatic rings. The highest BCUT2D eigenvalue weighted by atomic mass is 16.5. The van der Waals surface area contributed by atoms with Gasteiger partial charge in [0.25, 0.3) is 0 Å². The van der Waals surface area contributed by atoms with Gasteiger partial charge in [-0.1, -0.05) is 0 Å². The van der Waals surface area contributed by atoms with E-state index >= 15 is 0 Å². The van der Waals surface area contributed by atoms with Crippen LogP contribution in [0.25, 0.3) is 0 Å². The highest BCUT2D eigenvalue weighted by Crippen LogP contribution is 2.35. The van der Waals surface area contributed by atoms with Crippen LogP contribution in [0, 0.1) is 0 Å². The van der Waals surface area contributed by atoms with E-state index in [2.05, 4.69) is 24.1 Å². The number of morpholine rings is 1. The van der Waals surface area contributed by atoms with E-state index in [-0.39, 0.29) is 11.5 Å². The van der Waals surface area contributed by atoms with Crippen LogP contribution < -0.4 is 5.32 Å². The molecule has 0 spiro atoms. The molecule has 0 radical (unpaired) electrons. The van der Waals surface area contributed by atoms with Crippen LogP contribution >= 0.6 is 0 Å². The molecule has 21 heavy (non-hydrogen) atoms. The summed E-state index contributed by atoms with van der Waals surface area (Å²) in [5.41, 5.74) is -0.484. The summed E-state index contributed by atoms with van der Waals surface area (Å²) in [6.45, 7) is 9.25. The van der Waals surface area contributed by atoms with Gasteiger partial charge in [-0.15, -0.1) is 0 Å². The minimum absolute atomic E-state index is 0.0361. The molecule has 1 saturated carbocycles. The number of carbonyl (C=O) groups is 1. The van der Waals surface area contributed by atoms with Crippen LogP contribution in [0.2, 0.25) is 0 Å². The molecule has 2 atom stereocenters. The van der Waals surface area contributed by atoms with E-state index in [1.54, 1.807) is 0 Å². The van der Waals surface area contributed by atoms with Crippen molar-refractivity contribution < 1.29 is 14.3 Å². The van der Waals surface area contributed by atoms with E-state index in [1.807, 2.05) is 14.0 Å². The molecule has 0 aromatic heterocycles. The molecule has 1 aliphatic heterocycles. The van der Waals surface area contributed by atoms with Crippen molar-refractivity contribution in [3.8, 4) is 0 Å². The summed E-state index contributed by atoms with van der Waals surface area (Å²) in [7, 11) is 1.88. The number of ether oxygens (including phenoxy) is 2. The van der Waals surface area contributed by atoms with Crippen molar-refractivity contribution in [2.24, 2.45) is 0 Å². The molecule has 0 bridgehead atoms. The van der Waals surface area contributed by atoms with Gasteiger partial charge < -0.3 is 14.8 Å². The third-order valence-electron chi connectivity index (χ3n) is 5.02. The third kappa shape index (κ3) is 3.41. The van der Waals surface area contributed by atoms with Gasteiger partial charge in [-0.25, -0.2) is 0 Å². The molecular formula is C16H30N2O3. The highest BCUT2D eigenvalue weighted by molar-refractivity contribution is 5.81. The first-order valence-corrected chi connectivity index (χ1v) is 8.16. The average molecular weight is 298 g/mol. The quantitative estimate of drug-likeness (QED) is 0.798. The van der Waals surface area contributed by atoms with E-state index in [0.717, 1.165) is 45.4 Å². The van der Waals surface area contributed by atoms with Crippen molar-refractivity contribution in [1.82, 2.24) is 10.2 Å². The summed E-state index contributed by atoms with van der Waals surface area (Å²) in [6.07, 6.45) is 3.89. The molecule has 2 fully saturated rings. The average Bonchev–Trinajstić information content (AvgIpc) is 2.47. The molecule has 1 N–H and O–H groups in total. The van der Waals surface area contributed by atoms with Gasteiger partial charge in [-0.05, 0) is 53.5 Å². The number of hydrogen-bond donors (Lipinski definition) is 1. The zero-order valence-corrected chi connectivity index (χ0v) is 13.9. The van der Waals surface area contributed by atoms with E-state index in [4.69, 9.17) is 9.47 Å². The minimum atomic E-state index is -0.521. The number of nitrogens with zero attached hydrogens (tertiary/aromatic N) is 1. The Labute approximate surface area is 128 Å². The van der Waals surface area contributed by atoms with E-state index in [0.29, 0.717) is 12.6 Å². The van der Waals surface area contributed by atoms with Gasteiger partial charge in [-0.3, -0.25) is 9.69 Å². The van der Waals surface area contributed by atoms with Crippen LogP contribution in [0.15, 0.2) is 0 Å². The first-order valence-electron chi connectivity index (χ1n) is 8.16. The molecule has 5 heteroatoms. The van der Waals surface area contributed by atoms with Gasteiger partial charge in [0.15, 0.2) is 0 Å². The fraction of sp³-hybridized carbons (Fsp3) is 0.938. The monoisotopic (exact) mass is 298 g/mol. The Balaban J connectivity index is 2.13. The molecule has 2 aliphatic rings. The maximum Gasteiger partial charge on any atom is 0.326 e. The maximum absolute atomic E-state index is 12.4. The zero-order chi connectivity index (χ0) is 15.5. The van der Waals surface area contributed by atoms with E-state index < -0.39 is 5.54 Å². The first-order chi connectivity index (χ1) is 9.95. The fourth-order valence-electron chi connectivity index (χ4n) is 3.84. The molecule has 1 aliphatic carbocycles. The number of hydrogen-bond acceptors (Lipinski definition) is 5. The lowest BCUT2D eigenvalue weighted by molar-refractivity contribution is -0.155. The highest BCUT2D eigenvalue weighted by Gasteiger charge is 2.46. The smallest absolute Gasteiger partial charge is 0.326 e. The topological polar surface area (TPSA) is 50.8 Å². The molecule has 1 saturated heterocycles. The molecule has 1 heterocycles. The number of esters is 1. The third-order valence-corrected chi connectivity index (χ3v) is 5.02. The van der Waals surface area contributed by atoms with Crippen LogP contribution in [0.5, 0.6) is 0 Å². The standard InChI is InChI=1S/C16H30N2O3/c1-5-21-14(19)16(17-4)8-6-7-13(11-16)18-9-10-20-12-15(18,2)3/h13,17H,5-12H2,1-4H3. The molecule has 2 rings (SSSR count). The van der Waals surface area contributed by atoms with Crippen molar-refractivity contribution in [1.29, 1.82) is 0 Å². The van der Waals surface area contributed by atoms with Crippen molar-refractivity contribution in [2.45, 2.75) is 63.6 Å². The van der Waals surface area contributed by atoms with Crippen molar-refractivity contribution in [3.05, 3.63) is 0 Å². The predicted octanol–water partition coefficient (Wildman–Crippen LogP) is 1.56. The number of likely N-dealkylation sites (N-methyl/N-ethyl adjacent to an activating group) is 1. The lowest BCUT2D eigenvalue weighted by Crippen LogP contribution is -2.63. The Hall–Kier alpha value is -0.650. The van der Waals surface area contributed by atoms with Crippen LogP contribution in [0.4, 0.5) is 0 Å². The SMILES string of the molecule is CCOC(=O)C1(NC)CCCC(N2CCOCC2(C)C)C1. The second kappa shape index (κ2) is 6.63. The summed E-state index contributed by atoms with van der Waals surface area (Å²) in [5, 5.41) is 3.27. The Morgan fingerprint density at radius 1 is 1.48 bits per heavy atom. The molecule has 0 amide bonds. The number of rotatable bonds is 4. The maximum atomic E-state index is 12.4. The first kappa shape index (κ1) is 16.7. The van der Waals surface area contributed by atoms with Gasteiger partial charge in [-0.2, -0.15) is 0 Å². The second-order valence-electron chi connectivity index (χ2n) is 6.86. The molecule has 2 unspecified atom stereocenters. The molecular weight excluding hydrogens is 268 g/mol. The Kier molecular flexibility index (Phi) is 5.28. The summed E-state index contributed by atoms with van der Waals surface area (Å²) in [5.74, 6) is -0.0942. The van der Waals surface area contributed by atoms with Crippen LogP contribution in [-0.2, 0) is 14.3 Å². The normalized spacial score (nSPS) is 33.6. The Morgan fingerprint density at radius 2 is 2.24 bits per heavy atom. The Bertz CT molecular complexity index is 373. The van der Waals surface area contributed by atoms with E-state index in [1.165, 1.54) is 0 Å². The lowest BCUT2D eigenvalue weighted by atomic mass is 9.77. The van der Waals surface area contributed by atoms with Gasteiger partial charge in [0.1, 0.15) is 5.54 Å². The van der Waals surface area contributed by atoms with Crippen LogP contribution in [0.3, 0.4) is 0 Å². The fourth-order valence-corrected chi connectivity index (χ4v) is 3.84. The lowest BCUT2D eigenvalue weighted by Gasteiger charge is -2.50. The van der Waals surface area contributed by atoms with Crippen molar-refractivity contribution in [3.63, 3.8) is 0 Å². The second-order valence-corrected chi connectivity index (χ2v) is 6.86. The van der Waals surface area contributed by atoms with Crippen molar-refractivity contribution >= 4 is 5.97 Å². The van der Waals surface area contributed by atoms with E-state index in [9.17, 15) is 4.79 Å². The van der Waals surface area contributed by atoms with Crippen molar-refractivity contribution in [2.75, 3.05) is 33.4 Å².